The smallest absolute Gasteiger partial charge is 0.294 e. The number of phenols is 1. The molecule has 0 unspecified atom stereocenters. The maximum Gasteiger partial charge on any atom is 0.294 e. The lowest BCUT2D eigenvalue weighted by Crippen LogP contribution is -2.04. The number of rotatable bonds is 3. The lowest BCUT2D eigenvalue weighted by Gasteiger charge is -2.11. The van der Waals surface area contributed by atoms with E-state index in [4.69, 9.17) is 21.9 Å². The molecule has 11 heteroatoms. The van der Waals surface area contributed by atoms with Crippen LogP contribution in [0.15, 0.2) is 35.2 Å². The Morgan fingerprint density at radius 2 is 1.92 bits per heavy atom. The van der Waals surface area contributed by atoms with E-state index in [0.717, 1.165) is 6.07 Å². The zero-order chi connectivity index (χ0) is 17.5. The van der Waals surface area contributed by atoms with Gasteiger partial charge in [0.1, 0.15) is 5.75 Å². The minimum Gasteiger partial charge on any atom is -0.507 e. The quantitative estimate of drug-likeness (QED) is 0.509. The van der Waals surface area contributed by atoms with Crippen molar-refractivity contribution in [2.45, 2.75) is 4.90 Å². The first kappa shape index (κ1) is 16.2. The van der Waals surface area contributed by atoms with E-state index >= 15 is 0 Å². The van der Waals surface area contributed by atoms with Crippen LogP contribution in [-0.4, -0.2) is 33.0 Å². The number of phenolic OH excluding ortho intramolecular Hbond substituents is 1. The Balaban J connectivity index is 2.15. The maximum atomic E-state index is 11.3. The molecule has 0 aliphatic heterocycles. The molecule has 0 radical (unpaired) electrons. The van der Waals surface area contributed by atoms with Gasteiger partial charge < -0.3 is 16.2 Å². The fourth-order valence-corrected chi connectivity index (χ4v) is 2.88. The summed E-state index contributed by atoms with van der Waals surface area (Å²) in [6.45, 7) is 0. The highest BCUT2D eigenvalue weighted by molar-refractivity contribution is 7.85. The number of hydrogen-bond donors (Lipinski definition) is 4. The van der Waals surface area contributed by atoms with Crippen LogP contribution in [0.25, 0.3) is 10.8 Å². The second-order valence-electron chi connectivity index (χ2n) is 4.73. The van der Waals surface area contributed by atoms with Crippen molar-refractivity contribution in [1.29, 1.82) is 0 Å². The van der Waals surface area contributed by atoms with E-state index in [0.29, 0.717) is 16.5 Å². The van der Waals surface area contributed by atoms with E-state index in [1.807, 2.05) is 0 Å². The lowest BCUT2D eigenvalue weighted by molar-refractivity contribution is 0.471. The molecule has 0 saturated carbocycles. The van der Waals surface area contributed by atoms with Gasteiger partial charge in [0, 0.05) is 11.5 Å². The first-order valence-corrected chi connectivity index (χ1v) is 8.23. The number of nitrogens with zero attached hydrogens (tertiary/aromatic N) is 3. The second kappa shape index (κ2) is 5.74. The molecule has 0 fully saturated rings. The van der Waals surface area contributed by atoms with Crippen molar-refractivity contribution in [2.24, 2.45) is 0 Å². The fourth-order valence-electron chi connectivity index (χ4n) is 2.17. The summed E-state index contributed by atoms with van der Waals surface area (Å²) >= 11 is 5.71. The van der Waals surface area contributed by atoms with E-state index in [9.17, 15) is 13.5 Å². The molecular weight excluding hydrogens is 358 g/mol. The highest BCUT2D eigenvalue weighted by atomic mass is 35.5. The number of hydrogen-bond acceptors (Lipinski definition) is 8. The third-order valence-corrected chi connectivity index (χ3v) is 4.10. The third-order valence-electron chi connectivity index (χ3n) is 3.10. The molecule has 1 heterocycles. The minimum atomic E-state index is -4.45. The summed E-state index contributed by atoms with van der Waals surface area (Å²) < 4.78 is 31.6. The number of benzene rings is 2. The van der Waals surface area contributed by atoms with Crippen molar-refractivity contribution in [2.75, 3.05) is 11.1 Å². The largest absolute Gasteiger partial charge is 0.507 e. The van der Waals surface area contributed by atoms with Gasteiger partial charge in [-0.25, -0.2) is 0 Å². The molecule has 24 heavy (non-hydrogen) atoms. The molecule has 1 aromatic heterocycles. The molecule has 5 N–H and O–H groups in total. The zero-order valence-corrected chi connectivity index (χ0v) is 13.4. The summed E-state index contributed by atoms with van der Waals surface area (Å²) in [7, 11) is -4.45. The van der Waals surface area contributed by atoms with Gasteiger partial charge in [-0.2, -0.15) is 23.4 Å². The molecule has 2 aromatic carbocycles. The molecule has 0 atom stereocenters. The summed E-state index contributed by atoms with van der Waals surface area (Å²) in [6.07, 6.45) is 0. The predicted octanol–water partition coefficient (Wildman–Crippen LogP) is 1.96. The number of fused-ring (bicyclic) bond motifs is 1. The van der Waals surface area contributed by atoms with Gasteiger partial charge >= 0.3 is 0 Å². The Kier molecular flexibility index (Phi) is 3.87. The highest BCUT2D eigenvalue weighted by Crippen LogP contribution is 2.35. The van der Waals surface area contributed by atoms with Crippen LogP contribution in [0.5, 0.6) is 5.75 Å². The van der Waals surface area contributed by atoms with Crippen molar-refractivity contribution in [3.05, 3.63) is 35.6 Å². The molecule has 9 nitrogen and oxygen atoms in total. The molecule has 124 valence electrons. The van der Waals surface area contributed by atoms with Crippen molar-refractivity contribution in [3.63, 3.8) is 0 Å². The molecule has 0 spiro atoms. The van der Waals surface area contributed by atoms with Crippen molar-refractivity contribution in [1.82, 2.24) is 15.0 Å². The minimum absolute atomic E-state index is 0.0539. The van der Waals surface area contributed by atoms with Crippen LogP contribution >= 0.6 is 11.6 Å². The van der Waals surface area contributed by atoms with Gasteiger partial charge in [-0.1, -0.05) is 12.1 Å². The van der Waals surface area contributed by atoms with Crippen LogP contribution in [0.4, 0.5) is 17.6 Å². The fraction of sp³-hybridized carbons (Fsp3) is 0. The topological polar surface area (TPSA) is 151 Å². The zero-order valence-electron chi connectivity index (χ0n) is 11.8. The van der Waals surface area contributed by atoms with Crippen LogP contribution in [0.3, 0.4) is 0 Å². The summed E-state index contributed by atoms with van der Waals surface area (Å²) in [6, 6.07) is 6.97. The summed E-state index contributed by atoms with van der Waals surface area (Å²) in [5.74, 6) is -0.384. The molecule has 3 aromatic rings. The van der Waals surface area contributed by atoms with Gasteiger partial charge in [0.15, 0.2) is 0 Å². The Labute approximate surface area is 140 Å². The Bertz CT molecular complexity index is 1040. The van der Waals surface area contributed by atoms with Crippen LogP contribution in [0.2, 0.25) is 5.28 Å². The molecule has 3 rings (SSSR count). The third kappa shape index (κ3) is 3.15. The van der Waals surface area contributed by atoms with Gasteiger partial charge in [-0.05, 0) is 29.1 Å². The summed E-state index contributed by atoms with van der Waals surface area (Å²) in [5.41, 5.74) is 5.88. The first-order valence-electron chi connectivity index (χ1n) is 6.41. The number of aromatic nitrogens is 3. The van der Waals surface area contributed by atoms with Crippen LogP contribution in [-0.2, 0) is 10.1 Å². The van der Waals surface area contributed by atoms with Crippen molar-refractivity contribution < 1.29 is 18.1 Å². The van der Waals surface area contributed by atoms with Gasteiger partial charge in [0.2, 0.25) is 17.2 Å². The van der Waals surface area contributed by atoms with Gasteiger partial charge in [-0.3, -0.25) is 4.55 Å². The Hall–Kier alpha value is -2.69. The molecular formula is C13H10ClN5O4S. The Morgan fingerprint density at radius 3 is 2.58 bits per heavy atom. The van der Waals surface area contributed by atoms with Crippen molar-refractivity contribution in [3.8, 4) is 5.75 Å². The van der Waals surface area contributed by atoms with E-state index in [1.165, 1.54) is 6.07 Å². The van der Waals surface area contributed by atoms with E-state index in [-0.39, 0.29) is 22.9 Å². The number of nitrogens with two attached hydrogens (primary N) is 1. The first-order chi connectivity index (χ1) is 11.2. The molecule has 0 aliphatic carbocycles. The SMILES string of the molecule is Nc1nc(Cl)nc(Nc2cccc3cc(S(=O)(=O)O)cc(O)c23)n1. The standard InChI is InChI=1S/C13H10ClN5O4S/c14-11-17-12(15)19-13(18-11)16-8-3-1-2-6-4-7(24(21,22)23)5-9(20)10(6)8/h1-5,20H,(H,21,22,23)(H3,15,16,17,18,19). The summed E-state index contributed by atoms with van der Waals surface area (Å²) in [4.78, 5) is 10.9. The van der Waals surface area contributed by atoms with Gasteiger partial charge in [0.05, 0.1) is 10.6 Å². The number of halogens is 1. The number of nitrogen functional groups attached to an aromatic ring is 1. The van der Waals surface area contributed by atoms with Crippen LogP contribution in [0.1, 0.15) is 0 Å². The van der Waals surface area contributed by atoms with Crippen LogP contribution < -0.4 is 11.1 Å². The monoisotopic (exact) mass is 367 g/mol. The predicted molar refractivity (Wildman–Crippen MR) is 88.0 cm³/mol. The average molecular weight is 368 g/mol. The highest BCUT2D eigenvalue weighted by Gasteiger charge is 2.16. The van der Waals surface area contributed by atoms with Crippen LogP contribution in [0, 0.1) is 0 Å². The Morgan fingerprint density at radius 1 is 1.17 bits per heavy atom. The van der Waals surface area contributed by atoms with Gasteiger partial charge in [-0.15, -0.1) is 0 Å². The molecule has 0 bridgehead atoms. The normalized spacial score (nSPS) is 11.6. The molecule has 0 saturated heterocycles. The van der Waals surface area contributed by atoms with E-state index in [1.54, 1.807) is 18.2 Å². The van der Waals surface area contributed by atoms with Crippen molar-refractivity contribution >= 4 is 50.1 Å². The maximum absolute atomic E-state index is 11.3. The van der Waals surface area contributed by atoms with E-state index < -0.39 is 15.0 Å². The second-order valence-corrected chi connectivity index (χ2v) is 6.49. The number of aromatic hydroxyl groups is 1. The number of nitrogens with one attached hydrogen (secondary N) is 1. The average Bonchev–Trinajstić information content (AvgIpc) is 2.45. The summed E-state index contributed by atoms with van der Waals surface area (Å²) in [5, 5.41) is 13.6. The van der Waals surface area contributed by atoms with E-state index in [2.05, 4.69) is 20.3 Å². The molecule has 0 amide bonds. The van der Waals surface area contributed by atoms with Gasteiger partial charge in [0.25, 0.3) is 10.1 Å². The number of anilines is 3. The molecule has 0 aliphatic rings. The lowest BCUT2D eigenvalue weighted by atomic mass is 10.1.